The van der Waals surface area contributed by atoms with Crippen LogP contribution >= 0.6 is 0 Å². The van der Waals surface area contributed by atoms with Crippen molar-refractivity contribution in [3.05, 3.63) is 23.9 Å². The third-order valence-corrected chi connectivity index (χ3v) is 3.73. The Morgan fingerprint density at radius 2 is 2.33 bits per heavy atom. The van der Waals surface area contributed by atoms with Crippen LogP contribution in [0.15, 0.2) is 18.3 Å². The predicted molar refractivity (Wildman–Crippen MR) is 84.7 cm³/mol. The van der Waals surface area contributed by atoms with Crippen LogP contribution in [-0.4, -0.2) is 51.0 Å². The van der Waals surface area contributed by atoms with Gasteiger partial charge in [0.05, 0.1) is 12.7 Å². The minimum absolute atomic E-state index is 0.348. The van der Waals surface area contributed by atoms with Crippen LogP contribution in [0.1, 0.15) is 25.3 Å². The number of methoxy groups -OCH3 is 1. The van der Waals surface area contributed by atoms with Gasteiger partial charge in [-0.1, -0.05) is 6.07 Å². The lowest BCUT2D eigenvalue weighted by Gasteiger charge is -2.33. The van der Waals surface area contributed by atoms with E-state index in [1.54, 1.807) is 7.11 Å². The minimum Gasteiger partial charge on any atom is -0.383 e. The first-order valence-electron chi connectivity index (χ1n) is 7.84. The molecular formula is C16H27N3O2. The van der Waals surface area contributed by atoms with E-state index >= 15 is 0 Å². The van der Waals surface area contributed by atoms with Crippen LogP contribution in [0, 0.1) is 0 Å². The van der Waals surface area contributed by atoms with E-state index in [0.29, 0.717) is 6.10 Å². The molecule has 2 heterocycles. The molecule has 5 nitrogen and oxygen atoms in total. The monoisotopic (exact) mass is 293 g/mol. The van der Waals surface area contributed by atoms with Crippen molar-refractivity contribution >= 4 is 5.82 Å². The quantitative estimate of drug-likeness (QED) is 0.741. The number of anilines is 1. The Hall–Kier alpha value is -1.17. The number of piperidine rings is 1. The van der Waals surface area contributed by atoms with Gasteiger partial charge >= 0.3 is 0 Å². The highest BCUT2D eigenvalue weighted by atomic mass is 16.5. The molecule has 0 aromatic carbocycles. The second-order valence-electron chi connectivity index (χ2n) is 5.36. The zero-order valence-electron chi connectivity index (χ0n) is 13.2. The zero-order chi connectivity index (χ0) is 14.9. The molecule has 21 heavy (non-hydrogen) atoms. The number of pyridine rings is 1. The summed E-state index contributed by atoms with van der Waals surface area (Å²) in [7, 11) is 1.71. The Bertz CT molecular complexity index is 395. The van der Waals surface area contributed by atoms with Gasteiger partial charge in [0.2, 0.25) is 0 Å². The fourth-order valence-corrected chi connectivity index (χ4v) is 2.63. The predicted octanol–water partition coefficient (Wildman–Crippen LogP) is 1.82. The SMILES string of the molecule is CCOC1CCCN(c2ccc(CNCCOC)cn2)C1. The average molecular weight is 293 g/mol. The van der Waals surface area contributed by atoms with Gasteiger partial charge in [0, 0.05) is 46.1 Å². The number of nitrogens with one attached hydrogen (secondary N) is 1. The van der Waals surface area contributed by atoms with Crippen molar-refractivity contribution < 1.29 is 9.47 Å². The van der Waals surface area contributed by atoms with Gasteiger partial charge in [-0.05, 0) is 31.4 Å². The topological polar surface area (TPSA) is 46.6 Å². The van der Waals surface area contributed by atoms with Crippen LogP contribution in [0.2, 0.25) is 0 Å². The Morgan fingerprint density at radius 3 is 3.05 bits per heavy atom. The normalized spacial score (nSPS) is 19.0. The van der Waals surface area contributed by atoms with Crippen molar-refractivity contribution in [2.24, 2.45) is 0 Å². The van der Waals surface area contributed by atoms with Gasteiger partial charge in [-0.2, -0.15) is 0 Å². The summed E-state index contributed by atoms with van der Waals surface area (Å²) in [6.45, 7) is 7.30. The Kier molecular flexibility index (Phi) is 6.92. The van der Waals surface area contributed by atoms with Crippen LogP contribution in [0.3, 0.4) is 0 Å². The number of hydrogen-bond acceptors (Lipinski definition) is 5. The summed E-state index contributed by atoms with van der Waals surface area (Å²) in [4.78, 5) is 6.92. The second kappa shape index (κ2) is 8.97. The zero-order valence-corrected chi connectivity index (χ0v) is 13.2. The van der Waals surface area contributed by atoms with E-state index in [1.807, 2.05) is 6.20 Å². The lowest BCUT2D eigenvalue weighted by Crippen LogP contribution is -2.40. The van der Waals surface area contributed by atoms with Gasteiger partial charge in [0.15, 0.2) is 0 Å². The van der Waals surface area contributed by atoms with Crippen LogP contribution < -0.4 is 10.2 Å². The summed E-state index contributed by atoms with van der Waals surface area (Å²) >= 11 is 0. The highest BCUT2D eigenvalue weighted by Gasteiger charge is 2.20. The summed E-state index contributed by atoms with van der Waals surface area (Å²) in [6.07, 6.45) is 4.64. The van der Waals surface area contributed by atoms with Gasteiger partial charge in [-0.15, -0.1) is 0 Å². The molecule has 1 N–H and O–H groups in total. The van der Waals surface area contributed by atoms with E-state index in [1.165, 1.54) is 12.0 Å². The molecule has 1 aliphatic rings. The van der Waals surface area contributed by atoms with Crippen molar-refractivity contribution in [3.8, 4) is 0 Å². The number of ether oxygens (including phenoxy) is 2. The summed E-state index contributed by atoms with van der Waals surface area (Å²) in [5, 5.41) is 3.33. The summed E-state index contributed by atoms with van der Waals surface area (Å²) in [5.41, 5.74) is 1.20. The molecule has 118 valence electrons. The second-order valence-corrected chi connectivity index (χ2v) is 5.36. The molecule has 1 unspecified atom stereocenters. The van der Waals surface area contributed by atoms with E-state index in [0.717, 1.165) is 51.6 Å². The Morgan fingerprint density at radius 1 is 1.43 bits per heavy atom. The summed E-state index contributed by atoms with van der Waals surface area (Å²) in [6, 6.07) is 4.26. The molecule has 2 rings (SSSR count). The van der Waals surface area contributed by atoms with E-state index in [9.17, 15) is 0 Å². The van der Waals surface area contributed by atoms with E-state index in [-0.39, 0.29) is 0 Å². The first-order chi connectivity index (χ1) is 10.3. The Balaban J connectivity index is 1.83. The average Bonchev–Trinajstić information content (AvgIpc) is 2.53. The lowest BCUT2D eigenvalue weighted by molar-refractivity contribution is 0.0525. The third kappa shape index (κ3) is 5.26. The molecule has 1 saturated heterocycles. The molecule has 1 aromatic rings. The molecule has 1 atom stereocenters. The van der Waals surface area contributed by atoms with Crippen molar-refractivity contribution in [1.82, 2.24) is 10.3 Å². The summed E-state index contributed by atoms with van der Waals surface area (Å²) < 4.78 is 10.8. The standard InChI is InChI=1S/C16H27N3O2/c1-3-21-15-5-4-9-19(13-15)16-7-6-14(12-18-16)11-17-8-10-20-2/h6-7,12,15,17H,3-5,8-11,13H2,1-2H3. The smallest absolute Gasteiger partial charge is 0.128 e. The maximum Gasteiger partial charge on any atom is 0.128 e. The molecule has 1 fully saturated rings. The lowest BCUT2D eigenvalue weighted by atomic mass is 10.1. The molecule has 0 spiro atoms. The molecular weight excluding hydrogens is 266 g/mol. The molecule has 5 heteroatoms. The minimum atomic E-state index is 0.348. The maximum atomic E-state index is 5.74. The van der Waals surface area contributed by atoms with Crippen LogP contribution in [0.25, 0.3) is 0 Å². The Labute approximate surface area is 127 Å². The maximum absolute atomic E-state index is 5.74. The van der Waals surface area contributed by atoms with E-state index < -0.39 is 0 Å². The van der Waals surface area contributed by atoms with Gasteiger partial charge in [0.25, 0.3) is 0 Å². The molecule has 0 amide bonds. The fourth-order valence-electron chi connectivity index (χ4n) is 2.63. The van der Waals surface area contributed by atoms with Crippen molar-refractivity contribution in [2.45, 2.75) is 32.4 Å². The molecule has 0 bridgehead atoms. The molecule has 1 aromatic heterocycles. The fraction of sp³-hybridized carbons (Fsp3) is 0.688. The number of nitrogens with zero attached hydrogens (tertiary/aromatic N) is 2. The molecule has 0 saturated carbocycles. The highest BCUT2D eigenvalue weighted by Crippen LogP contribution is 2.19. The van der Waals surface area contributed by atoms with Crippen LogP contribution in [-0.2, 0) is 16.0 Å². The van der Waals surface area contributed by atoms with Gasteiger partial charge in [0.1, 0.15) is 5.82 Å². The van der Waals surface area contributed by atoms with Crippen molar-refractivity contribution in [1.29, 1.82) is 0 Å². The van der Waals surface area contributed by atoms with Crippen LogP contribution in [0.5, 0.6) is 0 Å². The first-order valence-corrected chi connectivity index (χ1v) is 7.84. The van der Waals surface area contributed by atoms with Gasteiger partial charge in [-0.3, -0.25) is 0 Å². The van der Waals surface area contributed by atoms with E-state index in [2.05, 4.69) is 34.3 Å². The van der Waals surface area contributed by atoms with Crippen LogP contribution in [0.4, 0.5) is 5.82 Å². The summed E-state index contributed by atoms with van der Waals surface area (Å²) in [5.74, 6) is 1.06. The van der Waals surface area contributed by atoms with Crippen molar-refractivity contribution in [3.63, 3.8) is 0 Å². The largest absolute Gasteiger partial charge is 0.383 e. The number of aromatic nitrogens is 1. The molecule has 0 radical (unpaired) electrons. The first kappa shape index (κ1) is 16.2. The van der Waals surface area contributed by atoms with Gasteiger partial charge < -0.3 is 19.7 Å². The number of rotatable bonds is 8. The third-order valence-electron chi connectivity index (χ3n) is 3.73. The van der Waals surface area contributed by atoms with Crippen molar-refractivity contribution in [2.75, 3.05) is 44.9 Å². The number of hydrogen-bond donors (Lipinski definition) is 1. The van der Waals surface area contributed by atoms with E-state index in [4.69, 9.17) is 9.47 Å². The molecule has 0 aliphatic carbocycles. The molecule has 1 aliphatic heterocycles. The highest BCUT2D eigenvalue weighted by molar-refractivity contribution is 5.40. The van der Waals surface area contributed by atoms with Gasteiger partial charge in [-0.25, -0.2) is 4.98 Å².